The molecule has 0 unspecified atom stereocenters. The van der Waals surface area contributed by atoms with E-state index in [1.54, 1.807) is 24.1 Å². The second kappa shape index (κ2) is 5.70. The number of hydrogen-bond donors (Lipinski definition) is 2. The van der Waals surface area contributed by atoms with E-state index in [2.05, 4.69) is 10.3 Å². The van der Waals surface area contributed by atoms with Crippen LogP contribution < -0.4 is 16.0 Å². The van der Waals surface area contributed by atoms with Crippen LogP contribution in [0, 0.1) is 11.3 Å². The van der Waals surface area contributed by atoms with Crippen LogP contribution in [0.3, 0.4) is 0 Å². The summed E-state index contributed by atoms with van der Waals surface area (Å²) in [5, 5.41) is 11.4. The Kier molecular flexibility index (Phi) is 4.29. The lowest BCUT2D eigenvalue weighted by Gasteiger charge is -2.17. The Labute approximate surface area is 100 Å². The highest BCUT2D eigenvalue weighted by molar-refractivity contribution is 5.76. The van der Waals surface area contributed by atoms with Crippen LogP contribution in [0.5, 0.6) is 0 Å². The first-order chi connectivity index (χ1) is 8.08. The Bertz CT molecular complexity index is 452. The molecule has 0 aliphatic rings. The first-order valence-corrected chi connectivity index (χ1v) is 5.16. The Morgan fingerprint density at radius 3 is 2.94 bits per heavy atom. The standard InChI is InChI=1S/C11H15N5O/c1-14-11(17)5-6-16(2)10-4-3-8(13)9(7-12)15-10/h3-4H,5-6,13H2,1-2H3,(H,14,17). The van der Waals surface area contributed by atoms with Crippen LogP contribution in [0.15, 0.2) is 12.1 Å². The van der Waals surface area contributed by atoms with Gasteiger partial charge >= 0.3 is 0 Å². The maximum absolute atomic E-state index is 11.1. The fourth-order valence-electron chi connectivity index (χ4n) is 1.27. The summed E-state index contributed by atoms with van der Waals surface area (Å²) in [5.74, 6) is 0.590. The van der Waals surface area contributed by atoms with Crippen LogP contribution in [0.1, 0.15) is 12.1 Å². The third-order valence-electron chi connectivity index (χ3n) is 2.36. The van der Waals surface area contributed by atoms with Crippen LogP contribution in [0.2, 0.25) is 0 Å². The molecule has 90 valence electrons. The first-order valence-electron chi connectivity index (χ1n) is 5.16. The molecule has 6 heteroatoms. The summed E-state index contributed by atoms with van der Waals surface area (Å²) in [7, 11) is 3.40. The first kappa shape index (κ1) is 12.8. The van der Waals surface area contributed by atoms with E-state index in [9.17, 15) is 4.79 Å². The summed E-state index contributed by atoms with van der Waals surface area (Å²) in [5.41, 5.74) is 6.14. The molecule has 1 aromatic heterocycles. The van der Waals surface area contributed by atoms with Gasteiger partial charge in [0.15, 0.2) is 5.69 Å². The van der Waals surface area contributed by atoms with E-state index in [-0.39, 0.29) is 11.6 Å². The molecule has 1 amide bonds. The van der Waals surface area contributed by atoms with Crippen molar-refractivity contribution in [2.24, 2.45) is 0 Å². The number of rotatable bonds is 4. The lowest BCUT2D eigenvalue weighted by Crippen LogP contribution is -2.27. The number of hydrogen-bond acceptors (Lipinski definition) is 5. The number of carbonyl (C=O) groups is 1. The minimum atomic E-state index is -0.0344. The second-order valence-electron chi connectivity index (χ2n) is 3.56. The molecule has 0 aliphatic heterocycles. The van der Waals surface area contributed by atoms with Crippen molar-refractivity contribution in [2.75, 3.05) is 31.3 Å². The summed E-state index contributed by atoms with van der Waals surface area (Å²) < 4.78 is 0. The highest BCUT2D eigenvalue weighted by atomic mass is 16.1. The molecule has 6 nitrogen and oxygen atoms in total. The van der Waals surface area contributed by atoms with E-state index >= 15 is 0 Å². The molecule has 1 rings (SSSR count). The molecule has 0 spiro atoms. The maximum Gasteiger partial charge on any atom is 0.221 e. The summed E-state index contributed by atoms with van der Waals surface area (Å²) >= 11 is 0. The quantitative estimate of drug-likeness (QED) is 0.769. The lowest BCUT2D eigenvalue weighted by molar-refractivity contribution is -0.120. The van der Waals surface area contributed by atoms with Gasteiger partial charge in [0.25, 0.3) is 0 Å². The molecule has 1 heterocycles. The SMILES string of the molecule is CNC(=O)CCN(C)c1ccc(N)c(C#N)n1. The van der Waals surface area contributed by atoms with E-state index in [0.717, 1.165) is 0 Å². The monoisotopic (exact) mass is 233 g/mol. The number of pyridine rings is 1. The highest BCUT2D eigenvalue weighted by Crippen LogP contribution is 2.15. The van der Waals surface area contributed by atoms with Crippen molar-refractivity contribution in [3.63, 3.8) is 0 Å². The van der Waals surface area contributed by atoms with Crippen molar-refractivity contribution < 1.29 is 4.79 Å². The average Bonchev–Trinajstić information content (AvgIpc) is 2.35. The topological polar surface area (TPSA) is 95.0 Å². The van der Waals surface area contributed by atoms with Gasteiger partial charge in [0.1, 0.15) is 11.9 Å². The molecule has 17 heavy (non-hydrogen) atoms. The average molecular weight is 233 g/mol. The fraction of sp³-hybridized carbons (Fsp3) is 0.364. The van der Waals surface area contributed by atoms with Crippen molar-refractivity contribution in [1.29, 1.82) is 5.26 Å². The molecule has 0 bridgehead atoms. The molecular formula is C11H15N5O. The Hall–Kier alpha value is -2.29. The van der Waals surface area contributed by atoms with Gasteiger partial charge in [-0.2, -0.15) is 5.26 Å². The second-order valence-corrected chi connectivity index (χ2v) is 3.56. The summed E-state index contributed by atoms with van der Waals surface area (Å²) in [4.78, 5) is 17.0. The Balaban J connectivity index is 2.73. The predicted molar refractivity (Wildman–Crippen MR) is 65.3 cm³/mol. The van der Waals surface area contributed by atoms with Gasteiger partial charge in [-0.05, 0) is 12.1 Å². The molecule has 0 atom stereocenters. The third kappa shape index (κ3) is 3.34. The summed E-state index contributed by atoms with van der Waals surface area (Å²) in [6.07, 6.45) is 0.376. The molecule has 1 aromatic rings. The van der Waals surface area contributed by atoms with E-state index in [0.29, 0.717) is 24.5 Å². The summed E-state index contributed by atoms with van der Waals surface area (Å²) in [6, 6.07) is 5.28. The highest BCUT2D eigenvalue weighted by Gasteiger charge is 2.07. The minimum Gasteiger partial charge on any atom is -0.396 e. The van der Waals surface area contributed by atoms with Gasteiger partial charge in [0, 0.05) is 27.1 Å². The molecule has 3 N–H and O–H groups in total. The third-order valence-corrected chi connectivity index (χ3v) is 2.36. The number of nitrogens with two attached hydrogens (primary N) is 1. The number of carbonyl (C=O) groups excluding carboxylic acids is 1. The molecule has 0 saturated carbocycles. The van der Waals surface area contributed by atoms with E-state index in [1.807, 2.05) is 13.1 Å². The van der Waals surface area contributed by atoms with E-state index in [1.165, 1.54) is 0 Å². The van der Waals surface area contributed by atoms with Gasteiger partial charge in [0.2, 0.25) is 5.91 Å². The van der Waals surface area contributed by atoms with Gasteiger partial charge in [-0.15, -0.1) is 0 Å². The Morgan fingerprint density at radius 2 is 2.35 bits per heavy atom. The molecular weight excluding hydrogens is 218 g/mol. The number of aromatic nitrogens is 1. The molecule has 0 radical (unpaired) electrons. The van der Waals surface area contributed by atoms with Crippen molar-refractivity contribution in [1.82, 2.24) is 10.3 Å². The molecule has 0 saturated heterocycles. The zero-order valence-electron chi connectivity index (χ0n) is 9.90. The van der Waals surface area contributed by atoms with Crippen molar-refractivity contribution >= 4 is 17.4 Å². The van der Waals surface area contributed by atoms with Crippen molar-refractivity contribution in [3.8, 4) is 6.07 Å². The fourth-order valence-corrected chi connectivity index (χ4v) is 1.27. The largest absolute Gasteiger partial charge is 0.396 e. The normalized spacial score (nSPS) is 9.47. The zero-order chi connectivity index (χ0) is 12.8. The zero-order valence-corrected chi connectivity index (χ0v) is 9.90. The van der Waals surface area contributed by atoms with Crippen molar-refractivity contribution in [3.05, 3.63) is 17.8 Å². The van der Waals surface area contributed by atoms with Crippen molar-refractivity contribution in [2.45, 2.75) is 6.42 Å². The number of nitrogen functional groups attached to an aromatic ring is 1. The Morgan fingerprint density at radius 1 is 1.65 bits per heavy atom. The number of nitrogens with one attached hydrogen (secondary N) is 1. The van der Waals surface area contributed by atoms with Crippen LogP contribution in [0.4, 0.5) is 11.5 Å². The minimum absolute atomic E-state index is 0.0344. The molecule has 0 fully saturated rings. The molecule has 0 aliphatic carbocycles. The van der Waals surface area contributed by atoms with Gasteiger partial charge < -0.3 is 16.0 Å². The van der Waals surface area contributed by atoms with Crippen LogP contribution >= 0.6 is 0 Å². The number of nitriles is 1. The van der Waals surface area contributed by atoms with Gasteiger partial charge in [-0.25, -0.2) is 4.98 Å². The van der Waals surface area contributed by atoms with Crippen LogP contribution in [0.25, 0.3) is 0 Å². The molecule has 0 aromatic carbocycles. The van der Waals surface area contributed by atoms with Gasteiger partial charge in [-0.1, -0.05) is 0 Å². The number of nitrogens with zero attached hydrogens (tertiary/aromatic N) is 3. The van der Waals surface area contributed by atoms with E-state index < -0.39 is 0 Å². The van der Waals surface area contributed by atoms with Crippen LogP contribution in [-0.2, 0) is 4.79 Å². The maximum atomic E-state index is 11.1. The van der Waals surface area contributed by atoms with E-state index in [4.69, 9.17) is 11.0 Å². The number of amides is 1. The number of anilines is 2. The van der Waals surface area contributed by atoms with Crippen LogP contribution in [-0.4, -0.2) is 31.5 Å². The van der Waals surface area contributed by atoms with Gasteiger partial charge in [-0.3, -0.25) is 4.79 Å². The van der Waals surface area contributed by atoms with Gasteiger partial charge in [0.05, 0.1) is 5.69 Å². The lowest BCUT2D eigenvalue weighted by atomic mass is 10.3. The smallest absolute Gasteiger partial charge is 0.221 e. The predicted octanol–water partition coefficient (Wildman–Crippen LogP) is 0.108. The summed E-state index contributed by atoms with van der Waals surface area (Å²) in [6.45, 7) is 0.529.